The van der Waals surface area contributed by atoms with E-state index in [-0.39, 0.29) is 22.3 Å². The number of aromatic nitrogens is 4. The summed E-state index contributed by atoms with van der Waals surface area (Å²) in [6.07, 6.45) is 0.953. The number of anilines is 3. The molecule has 32 heavy (non-hydrogen) atoms. The molecule has 3 N–H and O–H groups in total. The average Bonchev–Trinajstić information content (AvgIpc) is 3.36. The minimum atomic E-state index is -4.55. The Morgan fingerprint density at radius 1 is 1.19 bits per heavy atom. The van der Waals surface area contributed by atoms with Crippen LogP contribution < -0.4 is 16.0 Å². The summed E-state index contributed by atoms with van der Waals surface area (Å²) >= 11 is 5.78. The number of hydrogen-bond acceptors (Lipinski definition) is 6. The number of nitrogens with one attached hydrogen (secondary N) is 3. The normalized spacial score (nSPS) is 18.7. The number of piperidine rings is 1. The first-order valence-electron chi connectivity index (χ1n) is 10.6. The highest BCUT2D eigenvalue weighted by Crippen LogP contribution is 2.39. The Kier molecular flexibility index (Phi) is 5.16. The molecule has 3 heterocycles. The summed E-state index contributed by atoms with van der Waals surface area (Å²) in [6, 6.07) is 3.86. The lowest BCUT2D eigenvalue weighted by Crippen LogP contribution is -2.30. The van der Waals surface area contributed by atoms with Crippen LogP contribution in [0.3, 0.4) is 0 Å². The zero-order valence-corrected chi connectivity index (χ0v) is 18.2. The topological polar surface area (TPSA) is 79.7 Å². The van der Waals surface area contributed by atoms with Crippen molar-refractivity contribution in [3.8, 4) is 0 Å². The molecular formula is C21H23ClF3N7. The second-order valence-electron chi connectivity index (χ2n) is 8.69. The molecule has 2 aliphatic rings. The van der Waals surface area contributed by atoms with Gasteiger partial charge in [-0.25, -0.2) is 9.97 Å². The van der Waals surface area contributed by atoms with Gasteiger partial charge in [0.25, 0.3) is 0 Å². The molecule has 5 rings (SSSR count). The number of imidazole rings is 1. The van der Waals surface area contributed by atoms with E-state index in [0.29, 0.717) is 23.1 Å². The van der Waals surface area contributed by atoms with Crippen LogP contribution in [0.5, 0.6) is 0 Å². The van der Waals surface area contributed by atoms with Crippen LogP contribution in [0.2, 0.25) is 5.02 Å². The molecule has 1 aromatic carbocycles. The van der Waals surface area contributed by atoms with Gasteiger partial charge in [-0.2, -0.15) is 18.2 Å². The Morgan fingerprint density at radius 2 is 1.94 bits per heavy atom. The second-order valence-corrected chi connectivity index (χ2v) is 9.10. The fourth-order valence-electron chi connectivity index (χ4n) is 3.98. The van der Waals surface area contributed by atoms with Crippen molar-refractivity contribution in [3.05, 3.63) is 35.0 Å². The molecule has 0 spiro atoms. The van der Waals surface area contributed by atoms with Crippen LogP contribution in [0.1, 0.15) is 44.2 Å². The van der Waals surface area contributed by atoms with Crippen LogP contribution in [0.4, 0.5) is 30.8 Å². The van der Waals surface area contributed by atoms with Gasteiger partial charge < -0.3 is 16.0 Å². The van der Waals surface area contributed by atoms with Crippen molar-refractivity contribution in [2.24, 2.45) is 0 Å². The van der Waals surface area contributed by atoms with E-state index in [4.69, 9.17) is 16.6 Å². The van der Waals surface area contributed by atoms with Crippen LogP contribution in [0.25, 0.3) is 11.2 Å². The van der Waals surface area contributed by atoms with Crippen LogP contribution in [-0.4, -0.2) is 38.1 Å². The molecule has 3 aromatic rings. The molecule has 170 valence electrons. The summed E-state index contributed by atoms with van der Waals surface area (Å²) in [5, 5.41) is 9.43. The van der Waals surface area contributed by atoms with Gasteiger partial charge in [0, 0.05) is 17.3 Å². The van der Waals surface area contributed by atoms with Crippen LogP contribution in [-0.2, 0) is 6.18 Å². The molecule has 0 atom stereocenters. The summed E-state index contributed by atoms with van der Waals surface area (Å²) in [7, 11) is 0. The average molecular weight is 466 g/mol. The van der Waals surface area contributed by atoms with Crippen LogP contribution in [0, 0.1) is 0 Å². The second kappa shape index (κ2) is 7.77. The van der Waals surface area contributed by atoms with Gasteiger partial charge in [0.1, 0.15) is 5.52 Å². The van der Waals surface area contributed by atoms with Gasteiger partial charge in [0.15, 0.2) is 5.65 Å². The van der Waals surface area contributed by atoms with Crippen molar-refractivity contribution < 1.29 is 13.2 Å². The Labute approximate surface area is 187 Å². The first-order chi connectivity index (χ1) is 15.2. The molecule has 0 bridgehead atoms. The molecule has 1 aliphatic carbocycles. The SMILES string of the molecule is CC1(Nc2ncc3nc(Nc4ccc(Cl)c(C(F)(F)F)c4)n(C4CCNCC4)c3n2)CC1. The minimum Gasteiger partial charge on any atom is -0.349 e. The third kappa shape index (κ3) is 4.21. The Bertz CT molecular complexity index is 1150. The first-order valence-corrected chi connectivity index (χ1v) is 11.0. The molecule has 2 aromatic heterocycles. The highest BCUT2D eigenvalue weighted by Gasteiger charge is 2.38. The monoisotopic (exact) mass is 465 g/mol. The van der Waals surface area contributed by atoms with E-state index in [1.54, 1.807) is 6.20 Å². The molecule has 0 radical (unpaired) electrons. The van der Waals surface area contributed by atoms with Gasteiger partial charge in [-0.1, -0.05) is 11.6 Å². The van der Waals surface area contributed by atoms with Gasteiger partial charge in [0.2, 0.25) is 11.9 Å². The van der Waals surface area contributed by atoms with Crippen molar-refractivity contribution in [1.29, 1.82) is 0 Å². The molecule has 0 amide bonds. The minimum absolute atomic E-state index is 0.0195. The number of halogens is 4. The van der Waals surface area contributed by atoms with E-state index >= 15 is 0 Å². The predicted octanol–water partition coefficient (Wildman–Crippen LogP) is 5.13. The van der Waals surface area contributed by atoms with Gasteiger partial charge in [-0.15, -0.1) is 0 Å². The maximum atomic E-state index is 13.3. The number of hydrogen-bond donors (Lipinski definition) is 3. The summed E-state index contributed by atoms with van der Waals surface area (Å²) in [6.45, 7) is 3.81. The molecular weight excluding hydrogens is 443 g/mol. The van der Waals surface area contributed by atoms with Crippen LogP contribution >= 0.6 is 11.6 Å². The number of alkyl halides is 3. The van der Waals surface area contributed by atoms with Crippen molar-refractivity contribution >= 4 is 40.3 Å². The molecule has 11 heteroatoms. The van der Waals surface area contributed by atoms with Crippen LogP contribution in [0.15, 0.2) is 24.4 Å². The third-order valence-corrected chi connectivity index (χ3v) is 6.38. The quantitative estimate of drug-likeness (QED) is 0.484. The predicted molar refractivity (Wildman–Crippen MR) is 117 cm³/mol. The van der Waals surface area contributed by atoms with Crippen molar-refractivity contribution in [2.45, 2.75) is 50.4 Å². The lowest BCUT2D eigenvalue weighted by atomic mass is 10.1. The molecule has 2 fully saturated rings. The molecule has 1 saturated heterocycles. The first kappa shape index (κ1) is 21.3. The number of benzene rings is 1. The van der Waals surface area contributed by atoms with Gasteiger partial charge >= 0.3 is 6.18 Å². The molecule has 7 nitrogen and oxygen atoms in total. The maximum Gasteiger partial charge on any atom is 0.417 e. The fourth-order valence-corrected chi connectivity index (χ4v) is 4.21. The molecule has 1 saturated carbocycles. The van der Waals surface area contributed by atoms with E-state index in [1.165, 1.54) is 12.1 Å². The Balaban J connectivity index is 1.56. The van der Waals surface area contributed by atoms with Gasteiger partial charge in [-0.3, -0.25) is 4.57 Å². The lowest BCUT2D eigenvalue weighted by molar-refractivity contribution is -0.137. The van der Waals surface area contributed by atoms with Crippen molar-refractivity contribution in [3.63, 3.8) is 0 Å². The van der Waals surface area contributed by atoms with E-state index in [0.717, 1.165) is 44.8 Å². The zero-order chi connectivity index (χ0) is 22.5. The summed E-state index contributed by atoms with van der Waals surface area (Å²) in [5.41, 5.74) is 0.626. The smallest absolute Gasteiger partial charge is 0.349 e. The highest BCUT2D eigenvalue weighted by molar-refractivity contribution is 6.31. The third-order valence-electron chi connectivity index (χ3n) is 6.05. The van der Waals surface area contributed by atoms with E-state index < -0.39 is 11.7 Å². The lowest BCUT2D eigenvalue weighted by Gasteiger charge is -2.26. The highest BCUT2D eigenvalue weighted by atomic mass is 35.5. The Morgan fingerprint density at radius 3 is 2.62 bits per heavy atom. The van der Waals surface area contributed by atoms with E-state index in [9.17, 15) is 13.2 Å². The summed E-state index contributed by atoms with van der Waals surface area (Å²) in [5.74, 6) is 0.969. The van der Waals surface area contributed by atoms with E-state index in [1.807, 2.05) is 4.57 Å². The van der Waals surface area contributed by atoms with Crippen molar-refractivity contribution in [2.75, 3.05) is 23.7 Å². The maximum absolute atomic E-state index is 13.3. The molecule has 1 aliphatic heterocycles. The van der Waals surface area contributed by atoms with Gasteiger partial charge in [0.05, 0.1) is 16.8 Å². The van der Waals surface area contributed by atoms with E-state index in [2.05, 4.69) is 32.8 Å². The molecule has 0 unspecified atom stereocenters. The fraction of sp³-hybridized carbons (Fsp3) is 0.476. The number of nitrogens with zero attached hydrogens (tertiary/aromatic N) is 4. The Hall–Kier alpha value is -2.59. The standard InChI is InChI=1S/C21H23ClF3N7/c1-20(6-7-20)31-18-27-11-16-17(30-18)32(13-4-8-26-9-5-13)19(29-16)28-12-2-3-15(22)14(10-12)21(23,24)25/h2-3,10-11,13,26H,4-9H2,1H3,(H,28,29)(H,27,30,31). The number of fused-ring (bicyclic) bond motifs is 1. The largest absolute Gasteiger partial charge is 0.417 e. The number of rotatable bonds is 5. The summed E-state index contributed by atoms with van der Waals surface area (Å²) in [4.78, 5) is 13.7. The summed E-state index contributed by atoms with van der Waals surface area (Å²) < 4.78 is 42.0. The zero-order valence-electron chi connectivity index (χ0n) is 17.4. The van der Waals surface area contributed by atoms with Gasteiger partial charge in [-0.05, 0) is 63.9 Å². The van der Waals surface area contributed by atoms with Crippen molar-refractivity contribution in [1.82, 2.24) is 24.8 Å².